The van der Waals surface area contributed by atoms with E-state index in [0.29, 0.717) is 12.2 Å². The fraction of sp³-hybridized carbons (Fsp3) is 0.289. The van der Waals surface area contributed by atoms with Crippen LogP contribution >= 0.6 is 11.8 Å². The second-order valence-corrected chi connectivity index (χ2v) is 12.6. The van der Waals surface area contributed by atoms with E-state index >= 15 is 0 Å². The summed E-state index contributed by atoms with van der Waals surface area (Å²) in [6.45, 7) is 3.52. The van der Waals surface area contributed by atoms with Gasteiger partial charge < -0.3 is 35.3 Å². The van der Waals surface area contributed by atoms with Gasteiger partial charge >= 0.3 is 12.0 Å². The van der Waals surface area contributed by atoms with E-state index in [1.54, 1.807) is 18.7 Å². The number of hydrogen-bond acceptors (Lipinski definition) is 8. The molecule has 0 bridgehead atoms. The summed E-state index contributed by atoms with van der Waals surface area (Å²) in [7, 11) is 0. The highest BCUT2D eigenvalue weighted by atomic mass is 32.2. The molecule has 0 unspecified atom stereocenters. The van der Waals surface area contributed by atoms with Crippen LogP contribution in [0.1, 0.15) is 54.9 Å². The highest BCUT2D eigenvalue weighted by Crippen LogP contribution is 2.40. The molecule has 1 heterocycles. The summed E-state index contributed by atoms with van der Waals surface area (Å²) >= 11 is 1.69. The van der Waals surface area contributed by atoms with Gasteiger partial charge in [-0.2, -0.15) is 0 Å². The second-order valence-electron chi connectivity index (χ2n) is 11.5. The molecule has 4 aromatic carbocycles. The number of rotatable bonds is 13. The van der Waals surface area contributed by atoms with Gasteiger partial charge in [0, 0.05) is 41.8 Å². The van der Waals surface area contributed by atoms with Gasteiger partial charge in [0.05, 0.1) is 25.4 Å². The molecule has 1 aliphatic heterocycles. The van der Waals surface area contributed by atoms with Gasteiger partial charge in [0.15, 0.2) is 6.29 Å². The Morgan fingerprint density at radius 1 is 0.857 bits per heavy atom. The Morgan fingerprint density at radius 2 is 1.59 bits per heavy atom. The molecule has 0 aliphatic carbocycles. The number of nitrogens with one attached hydrogen (secondary N) is 3. The van der Waals surface area contributed by atoms with Crippen molar-refractivity contribution in [1.29, 1.82) is 0 Å². The van der Waals surface area contributed by atoms with Crippen molar-refractivity contribution in [2.75, 3.05) is 24.2 Å². The number of anilines is 1. The van der Waals surface area contributed by atoms with E-state index < -0.39 is 18.3 Å². The maximum atomic E-state index is 12.2. The first-order chi connectivity index (χ1) is 23.8. The zero-order valence-electron chi connectivity index (χ0n) is 27.5. The van der Waals surface area contributed by atoms with Crippen LogP contribution in [0.5, 0.6) is 0 Å². The van der Waals surface area contributed by atoms with Crippen molar-refractivity contribution in [3.8, 4) is 11.1 Å². The molecule has 4 N–H and O–H groups in total. The molecular weight excluding hydrogens is 642 g/mol. The Balaban J connectivity index is 1.29. The topological polar surface area (TPSA) is 135 Å². The van der Waals surface area contributed by atoms with E-state index in [9.17, 15) is 19.5 Å². The molecule has 11 heteroatoms. The van der Waals surface area contributed by atoms with Gasteiger partial charge in [-0.05, 0) is 71.1 Å². The molecule has 1 fully saturated rings. The van der Waals surface area contributed by atoms with Crippen LogP contribution in [-0.4, -0.2) is 48.0 Å². The lowest BCUT2D eigenvalue weighted by molar-refractivity contribution is -0.245. The number of aliphatic hydroxyl groups is 1. The Morgan fingerprint density at radius 3 is 2.31 bits per heavy atom. The summed E-state index contributed by atoms with van der Waals surface area (Å²) in [5, 5.41) is 17.6. The number of esters is 1. The van der Waals surface area contributed by atoms with Crippen molar-refractivity contribution in [3.63, 3.8) is 0 Å². The van der Waals surface area contributed by atoms with E-state index in [-0.39, 0.29) is 44.4 Å². The third-order valence-corrected chi connectivity index (χ3v) is 8.94. The van der Waals surface area contributed by atoms with Crippen LogP contribution in [0, 0.1) is 0 Å². The molecule has 49 heavy (non-hydrogen) atoms. The first-order valence-electron chi connectivity index (χ1n) is 16.2. The largest absolute Gasteiger partial charge is 0.465 e. The highest BCUT2D eigenvalue weighted by Gasteiger charge is 2.32. The van der Waals surface area contributed by atoms with Crippen LogP contribution in [0.2, 0.25) is 0 Å². The van der Waals surface area contributed by atoms with E-state index in [1.807, 2.05) is 91.0 Å². The van der Waals surface area contributed by atoms with E-state index in [1.165, 1.54) is 6.92 Å². The number of urea groups is 1. The minimum Gasteiger partial charge on any atom is -0.465 e. The van der Waals surface area contributed by atoms with Crippen LogP contribution < -0.4 is 16.0 Å². The molecule has 10 nitrogen and oxygen atoms in total. The molecule has 1 aliphatic rings. The molecule has 0 radical (unpaired) electrons. The van der Waals surface area contributed by atoms with Gasteiger partial charge in [0.25, 0.3) is 0 Å². The predicted molar refractivity (Wildman–Crippen MR) is 189 cm³/mol. The number of hydrogen-bond donors (Lipinski definition) is 4. The van der Waals surface area contributed by atoms with Crippen molar-refractivity contribution in [1.82, 2.24) is 10.6 Å². The molecule has 256 valence electrons. The molecule has 3 atom stereocenters. The molecule has 0 saturated carbocycles. The van der Waals surface area contributed by atoms with E-state index in [4.69, 9.17) is 14.2 Å². The monoisotopic (exact) mass is 683 g/mol. The fourth-order valence-electron chi connectivity index (χ4n) is 5.38. The van der Waals surface area contributed by atoms with Gasteiger partial charge in [-0.15, -0.1) is 11.8 Å². The van der Waals surface area contributed by atoms with Crippen LogP contribution in [0.15, 0.2) is 102 Å². The number of thioether (sulfide) groups is 1. The lowest BCUT2D eigenvalue weighted by Crippen LogP contribution is -2.38. The fourth-order valence-corrected chi connectivity index (χ4v) is 6.31. The summed E-state index contributed by atoms with van der Waals surface area (Å²) in [5.41, 5.74) is 6.32. The van der Waals surface area contributed by atoms with E-state index in [0.717, 1.165) is 44.0 Å². The molecule has 0 aromatic heterocycles. The van der Waals surface area contributed by atoms with Crippen molar-refractivity contribution in [2.24, 2.45) is 0 Å². The van der Waals surface area contributed by atoms with Crippen LogP contribution in [0.4, 0.5) is 10.5 Å². The predicted octanol–water partition coefficient (Wildman–Crippen LogP) is 6.50. The SMILES string of the molecule is CCOC(=O)CNC(=O)NCc1cccc(-c2cccc([C@H]3O[C@@H](CSc4ccc(NC(C)=O)cc4)C[C@@H](c4ccc(CO)cc4)O3)c2)c1. The second kappa shape index (κ2) is 17.6. The van der Waals surface area contributed by atoms with Gasteiger partial charge in [0.1, 0.15) is 6.54 Å². The zero-order chi connectivity index (χ0) is 34.6. The molecule has 0 spiro atoms. The van der Waals surface area contributed by atoms with Gasteiger partial charge in [0.2, 0.25) is 5.91 Å². The zero-order valence-corrected chi connectivity index (χ0v) is 28.3. The third-order valence-electron chi connectivity index (χ3n) is 7.80. The number of carbonyl (C=O) groups excluding carboxylic acids is 3. The van der Waals surface area contributed by atoms with Gasteiger partial charge in [-0.25, -0.2) is 4.79 Å². The summed E-state index contributed by atoms with van der Waals surface area (Å²) in [6, 6.07) is 31.0. The summed E-state index contributed by atoms with van der Waals surface area (Å²) < 4.78 is 18.0. The average Bonchev–Trinajstić information content (AvgIpc) is 3.13. The van der Waals surface area contributed by atoms with Gasteiger partial charge in [-0.3, -0.25) is 9.59 Å². The molecular formula is C38H41N3O7S. The average molecular weight is 684 g/mol. The van der Waals surface area contributed by atoms with Crippen LogP contribution in [-0.2, 0) is 37.0 Å². The first-order valence-corrected chi connectivity index (χ1v) is 17.2. The minimum atomic E-state index is -0.614. The Hall–Kier alpha value is -4.68. The Labute approximate surface area is 290 Å². The maximum absolute atomic E-state index is 12.2. The summed E-state index contributed by atoms with van der Waals surface area (Å²) in [5.74, 6) is 0.102. The summed E-state index contributed by atoms with van der Waals surface area (Å²) in [4.78, 5) is 36.2. The van der Waals surface area contributed by atoms with Gasteiger partial charge in [-0.1, -0.05) is 60.7 Å². The Bertz CT molecular complexity index is 1720. The number of amides is 3. The van der Waals surface area contributed by atoms with Crippen LogP contribution in [0.3, 0.4) is 0 Å². The van der Waals surface area contributed by atoms with Crippen molar-refractivity contribution in [2.45, 2.75) is 56.8 Å². The van der Waals surface area contributed by atoms with Crippen molar-refractivity contribution in [3.05, 3.63) is 119 Å². The van der Waals surface area contributed by atoms with Crippen molar-refractivity contribution >= 4 is 35.4 Å². The minimum absolute atomic E-state index is 0.0235. The van der Waals surface area contributed by atoms with E-state index in [2.05, 4.69) is 22.0 Å². The molecule has 3 amide bonds. The lowest BCUT2D eigenvalue weighted by Gasteiger charge is -2.36. The smallest absolute Gasteiger partial charge is 0.325 e. The normalized spacial score (nSPS) is 17.2. The molecule has 4 aromatic rings. The lowest BCUT2D eigenvalue weighted by atomic mass is 9.99. The first kappa shape index (κ1) is 35.6. The van der Waals surface area contributed by atoms with Crippen LogP contribution in [0.25, 0.3) is 11.1 Å². The third kappa shape index (κ3) is 10.7. The number of carbonyl (C=O) groups is 3. The number of ether oxygens (including phenoxy) is 3. The maximum Gasteiger partial charge on any atom is 0.325 e. The Kier molecular flexibility index (Phi) is 12.8. The molecule has 5 rings (SSSR count). The standard InChI is InChI=1S/C38H41N3O7S/c1-3-46-36(44)22-40-38(45)39-21-27-6-4-7-29(18-27)30-8-5-9-31(19-30)37-47-33(20-35(48-37)28-12-10-26(23-42)11-13-28)24-49-34-16-14-32(15-17-34)41-25(2)43/h4-19,33,35,37,42H,3,20-24H2,1-2H3,(H,41,43)(H2,39,40,45)/t33-,35+,37+/m1/s1. The quantitative estimate of drug-likeness (QED) is 0.0927. The molecule has 1 saturated heterocycles. The number of benzene rings is 4. The highest BCUT2D eigenvalue weighted by molar-refractivity contribution is 7.99. The number of aliphatic hydroxyl groups excluding tert-OH is 1. The summed E-state index contributed by atoms with van der Waals surface area (Å²) in [6.07, 6.45) is -0.285. The van der Waals surface area contributed by atoms with Crippen molar-refractivity contribution < 1.29 is 33.7 Å².